The molecule has 0 aliphatic rings. The lowest BCUT2D eigenvalue weighted by atomic mass is 10.2. The summed E-state index contributed by atoms with van der Waals surface area (Å²) < 4.78 is 10.6. The predicted molar refractivity (Wildman–Crippen MR) is 86.4 cm³/mol. The molecular weight excluding hydrogens is 314 g/mol. The van der Waals surface area contributed by atoms with Gasteiger partial charge < -0.3 is 19.3 Å². The monoisotopic (exact) mass is 331 g/mol. The van der Waals surface area contributed by atoms with Crippen LogP contribution in [0, 0.1) is 13.8 Å². The molecule has 0 saturated carbocycles. The number of hydrogen-bond acceptors (Lipinski definition) is 5. The maximum atomic E-state index is 12.1. The molecule has 3 rings (SSSR count). The van der Waals surface area contributed by atoms with E-state index in [4.69, 9.17) is 8.83 Å². The highest BCUT2D eigenvalue weighted by Crippen LogP contribution is 2.28. The third-order valence-corrected chi connectivity index (χ3v) is 4.61. The van der Waals surface area contributed by atoms with Crippen molar-refractivity contribution in [2.75, 3.05) is 0 Å². The number of aliphatic hydroxyl groups excluding tert-OH is 1. The van der Waals surface area contributed by atoms with Crippen LogP contribution in [0.25, 0.3) is 0 Å². The van der Waals surface area contributed by atoms with Crippen molar-refractivity contribution in [3.63, 3.8) is 0 Å². The summed E-state index contributed by atoms with van der Waals surface area (Å²) in [6.45, 7) is 3.98. The fraction of sp³-hybridized carbons (Fsp3) is 0.235. The van der Waals surface area contributed by atoms with Gasteiger partial charge in [-0.2, -0.15) is 0 Å². The lowest BCUT2D eigenvalue weighted by molar-refractivity contribution is 0.0950. The molecule has 1 amide bonds. The van der Waals surface area contributed by atoms with Crippen molar-refractivity contribution in [1.29, 1.82) is 0 Å². The van der Waals surface area contributed by atoms with E-state index < -0.39 is 6.10 Å². The Kier molecular flexibility index (Phi) is 4.36. The number of rotatable bonds is 5. The maximum Gasteiger partial charge on any atom is 0.255 e. The van der Waals surface area contributed by atoms with E-state index >= 15 is 0 Å². The molecule has 0 aliphatic carbocycles. The Morgan fingerprint density at radius 3 is 2.83 bits per heavy atom. The highest BCUT2D eigenvalue weighted by Gasteiger charge is 2.17. The second-order valence-electron chi connectivity index (χ2n) is 5.23. The van der Waals surface area contributed by atoms with Gasteiger partial charge in [-0.05, 0) is 44.2 Å². The van der Waals surface area contributed by atoms with Crippen LogP contribution in [0.15, 0.2) is 45.4 Å². The Morgan fingerprint density at radius 2 is 2.17 bits per heavy atom. The Bertz CT molecular complexity index is 801. The van der Waals surface area contributed by atoms with Gasteiger partial charge in [0.15, 0.2) is 0 Å². The first-order valence-electron chi connectivity index (χ1n) is 7.20. The quantitative estimate of drug-likeness (QED) is 0.749. The summed E-state index contributed by atoms with van der Waals surface area (Å²) in [6.07, 6.45) is 0.751. The molecule has 3 aromatic heterocycles. The molecule has 0 radical (unpaired) electrons. The van der Waals surface area contributed by atoms with Crippen LogP contribution in [-0.2, 0) is 6.54 Å². The molecule has 1 atom stereocenters. The van der Waals surface area contributed by atoms with Gasteiger partial charge in [-0.15, -0.1) is 11.3 Å². The summed E-state index contributed by atoms with van der Waals surface area (Å²) >= 11 is 1.44. The Balaban J connectivity index is 1.63. The third-order valence-electron chi connectivity index (χ3n) is 3.47. The van der Waals surface area contributed by atoms with Gasteiger partial charge in [0.2, 0.25) is 0 Å². The smallest absolute Gasteiger partial charge is 0.255 e. The zero-order valence-electron chi connectivity index (χ0n) is 12.8. The summed E-state index contributed by atoms with van der Waals surface area (Å²) in [5.41, 5.74) is 0.551. The predicted octanol–water partition coefficient (Wildman–Crippen LogP) is 3.56. The number of carbonyl (C=O) groups excluding carboxylic acids is 1. The fourth-order valence-corrected chi connectivity index (χ4v) is 3.29. The molecule has 2 N–H and O–H groups in total. The molecule has 0 fully saturated rings. The van der Waals surface area contributed by atoms with Gasteiger partial charge in [0.05, 0.1) is 18.4 Å². The van der Waals surface area contributed by atoms with Crippen LogP contribution in [0.1, 0.15) is 43.5 Å². The van der Waals surface area contributed by atoms with E-state index in [1.54, 1.807) is 25.1 Å². The SMILES string of the molecule is Cc1cc(C(=O)NCc2ccc([C@H](O)c3ccco3)s2)c(C)o1. The number of furan rings is 2. The molecule has 0 spiro atoms. The van der Waals surface area contributed by atoms with Gasteiger partial charge in [-0.25, -0.2) is 0 Å². The second-order valence-corrected chi connectivity index (χ2v) is 6.43. The standard InChI is InChI=1S/C17H17NO4S/c1-10-8-13(11(2)22-10)17(20)18-9-12-5-6-15(23-12)16(19)14-4-3-7-21-14/h3-8,16,19H,9H2,1-2H3,(H,18,20)/t16-/m1/s1. The molecule has 0 aliphatic heterocycles. The summed E-state index contributed by atoms with van der Waals surface area (Å²) in [6, 6.07) is 8.93. The van der Waals surface area contributed by atoms with Crippen molar-refractivity contribution in [3.8, 4) is 0 Å². The van der Waals surface area contributed by atoms with Crippen molar-refractivity contribution in [3.05, 3.63) is 69.2 Å². The van der Waals surface area contributed by atoms with Crippen LogP contribution in [0.4, 0.5) is 0 Å². The summed E-state index contributed by atoms with van der Waals surface area (Å²) in [4.78, 5) is 13.9. The van der Waals surface area contributed by atoms with Gasteiger partial charge in [-0.3, -0.25) is 4.79 Å². The average Bonchev–Trinajstić information content (AvgIpc) is 3.25. The zero-order chi connectivity index (χ0) is 16.4. The van der Waals surface area contributed by atoms with Crippen molar-refractivity contribution in [2.24, 2.45) is 0 Å². The van der Waals surface area contributed by atoms with Gasteiger partial charge in [0, 0.05) is 9.75 Å². The number of thiophene rings is 1. The highest BCUT2D eigenvalue weighted by atomic mass is 32.1. The number of aryl methyl sites for hydroxylation is 2. The van der Waals surface area contributed by atoms with E-state index in [-0.39, 0.29) is 5.91 Å². The molecule has 0 bridgehead atoms. The van der Waals surface area contributed by atoms with Crippen LogP contribution in [0.3, 0.4) is 0 Å². The highest BCUT2D eigenvalue weighted by molar-refractivity contribution is 7.12. The molecule has 3 heterocycles. The van der Waals surface area contributed by atoms with E-state index in [1.165, 1.54) is 17.6 Å². The van der Waals surface area contributed by atoms with Crippen molar-refractivity contribution < 1.29 is 18.7 Å². The first-order valence-corrected chi connectivity index (χ1v) is 8.01. The molecule has 0 saturated heterocycles. The van der Waals surface area contributed by atoms with Crippen LogP contribution < -0.4 is 5.32 Å². The summed E-state index contributed by atoms with van der Waals surface area (Å²) in [5.74, 6) is 1.67. The first kappa shape index (κ1) is 15.6. The van der Waals surface area contributed by atoms with Crippen molar-refractivity contribution >= 4 is 17.2 Å². The maximum absolute atomic E-state index is 12.1. The molecule has 0 unspecified atom stereocenters. The minimum Gasteiger partial charge on any atom is -0.466 e. The Hall–Kier alpha value is -2.31. The lowest BCUT2D eigenvalue weighted by Gasteiger charge is -2.04. The molecule has 23 heavy (non-hydrogen) atoms. The van der Waals surface area contributed by atoms with E-state index in [0.717, 1.165) is 9.75 Å². The minimum absolute atomic E-state index is 0.166. The number of carbonyl (C=O) groups is 1. The molecular formula is C17H17NO4S. The lowest BCUT2D eigenvalue weighted by Crippen LogP contribution is -2.22. The zero-order valence-corrected chi connectivity index (χ0v) is 13.6. The van der Waals surface area contributed by atoms with E-state index in [1.807, 2.05) is 19.1 Å². The Morgan fingerprint density at radius 1 is 1.35 bits per heavy atom. The molecule has 120 valence electrons. The van der Waals surface area contributed by atoms with Crippen LogP contribution >= 0.6 is 11.3 Å². The first-order chi connectivity index (χ1) is 11.0. The molecule has 5 nitrogen and oxygen atoms in total. The second kappa shape index (κ2) is 6.44. The summed E-state index contributed by atoms with van der Waals surface area (Å²) in [5, 5.41) is 13.1. The van der Waals surface area contributed by atoms with Crippen LogP contribution in [-0.4, -0.2) is 11.0 Å². The third kappa shape index (κ3) is 3.38. The van der Waals surface area contributed by atoms with Gasteiger partial charge in [-0.1, -0.05) is 0 Å². The largest absolute Gasteiger partial charge is 0.466 e. The van der Waals surface area contributed by atoms with Crippen LogP contribution in [0.5, 0.6) is 0 Å². The molecule has 3 aromatic rings. The number of amides is 1. The van der Waals surface area contributed by atoms with Gasteiger partial charge in [0.1, 0.15) is 23.4 Å². The number of nitrogens with one attached hydrogen (secondary N) is 1. The molecule has 0 aromatic carbocycles. The van der Waals surface area contributed by atoms with Crippen LogP contribution in [0.2, 0.25) is 0 Å². The average molecular weight is 331 g/mol. The fourth-order valence-electron chi connectivity index (χ4n) is 2.34. The topological polar surface area (TPSA) is 75.6 Å². The number of aliphatic hydroxyl groups is 1. The van der Waals surface area contributed by atoms with Gasteiger partial charge in [0.25, 0.3) is 5.91 Å². The van der Waals surface area contributed by atoms with E-state index in [9.17, 15) is 9.90 Å². The summed E-state index contributed by atoms with van der Waals surface area (Å²) in [7, 11) is 0. The minimum atomic E-state index is -0.779. The number of hydrogen-bond donors (Lipinski definition) is 2. The normalized spacial score (nSPS) is 12.3. The molecule has 6 heteroatoms. The van der Waals surface area contributed by atoms with E-state index in [0.29, 0.717) is 29.4 Å². The van der Waals surface area contributed by atoms with Gasteiger partial charge >= 0.3 is 0 Å². The van der Waals surface area contributed by atoms with Crippen molar-refractivity contribution in [1.82, 2.24) is 5.32 Å². The van der Waals surface area contributed by atoms with E-state index in [2.05, 4.69) is 5.32 Å². The Labute approximate surface area is 137 Å². The van der Waals surface area contributed by atoms with Crippen molar-refractivity contribution in [2.45, 2.75) is 26.5 Å².